The van der Waals surface area contributed by atoms with Gasteiger partial charge in [0.25, 0.3) is 0 Å². The van der Waals surface area contributed by atoms with Gasteiger partial charge in [0, 0.05) is 5.41 Å². The number of allylic oxidation sites excluding steroid dienone is 4. The van der Waals surface area contributed by atoms with Crippen LogP contribution in [-0.4, -0.2) is 17.5 Å². The second-order valence-electron chi connectivity index (χ2n) is 12.5. The average Bonchev–Trinajstić information content (AvgIpc) is 3.43. The molecule has 1 N–H and O–H groups in total. The second kappa shape index (κ2) is 14.2. The van der Waals surface area contributed by atoms with Gasteiger partial charge in [0.05, 0.1) is 6.10 Å². The third-order valence-corrected chi connectivity index (χ3v) is 9.82. The third kappa shape index (κ3) is 7.56. The fourth-order valence-electron chi connectivity index (χ4n) is 8.28. The Morgan fingerprint density at radius 3 is 2.26 bits per heavy atom. The van der Waals surface area contributed by atoms with Crippen molar-refractivity contribution in [2.75, 3.05) is 0 Å². The molecule has 4 fully saturated rings. The van der Waals surface area contributed by atoms with E-state index >= 15 is 0 Å². The smallest absolute Gasteiger partial charge is 0.142 e. The van der Waals surface area contributed by atoms with Gasteiger partial charge in [0.1, 0.15) is 6.29 Å². The molecule has 0 amide bonds. The third-order valence-electron chi connectivity index (χ3n) is 9.82. The van der Waals surface area contributed by atoms with Crippen LogP contribution in [0.2, 0.25) is 0 Å². The van der Waals surface area contributed by atoms with Crippen LogP contribution in [0.1, 0.15) is 132 Å². The Kier molecular flexibility index (Phi) is 12.3. The molecule has 0 bridgehead atoms. The molecule has 6 atom stereocenters. The highest BCUT2D eigenvalue weighted by molar-refractivity contribution is 5.67. The van der Waals surface area contributed by atoms with Crippen LogP contribution in [0.25, 0.3) is 0 Å². The van der Waals surface area contributed by atoms with E-state index in [1.807, 2.05) is 19.9 Å². The van der Waals surface area contributed by atoms with E-state index in [1.165, 1.54) is 76.2 Å². The molecule has 0 aromatic carbocycles. The van der Waals surface area contributed by atoms with Crippen molar-refractivity contribution < 1.29 is 9.90 Å². The predicted octanol–water partition coefficient (Wildman–Crippen LogP) is 9.32. The van der Waals surface area contributed by atoms with Crippen LogP contribution in [0.5, 0.6) is 0 Å². The standard InChI is InChI=1S/C22H34O.C9H18O.C2H6/c1-5-11-21(4)14-17(6-7-18(21)10-12-23)20-9-8-19-15-22(19,20)13-16(2)3;1-2-9(10)8-6-4-3-5-7-8;1-2/h5,10-12,16-17,19-20H,6-9,13-15H2,1-4H3;8-10H,2-7H2,1H3;1-2H3/b11-5-,18-10-;;. The van der Waals surface area contributed by atoms with Crippen molar-refractivity contribution in [1.29, 1.82) is 0 Å². The molecule has 2 heteroatoms. The molecule has 2 nitrogen and oxygen atoms in total. The second-order valence-corrected chi connectivity index (χ2v) is 12.5. The summed E-state index contributed by atoms with van der Waals surface area (Å²) in [6, 6.07) is 0. The molecule has 4 saturated carbocycles. The highest BCUT2D eigenvalue weighted by Crippen LogP contribution is 2.72. The summed E-state index contributed by atoms with van der Waals surface area (Å²) in [6.45, 7) is 15.3. The molecule has 0 heterocycles. The fraction of sp³-hybridized carbons (Fsp3) is 0.848. The molecule has 0 aromatic heterocycles. The maximum atomic E-state index is 11.0. The minimum absolute atomic E-state index is 0.0136. The molecule has 0 aliphatic heterocycles. The zero-order valence-electron chi connectivity index (χ0n) is 24.3. The number of hydrogen-bond donors (Lipinski definition) is 1. The van der Waals surface area contributed by atoms with Crippen LogP contribution in [0.15, 0.2) is 23.8 Å². The first-order valence-electron chi connectivity index (χ1n) is 15.3. The summed E-state index contributed by atoms with van der Waals surface area (Å²) in [6.07, 6.45) is 24.4. The molecule has 202 valence electrons. The molecule has 0 aromatic rings. The van der Waals surface area contributed by atoms with Crippen molar-refractivity contribution in [2.45, 2.75) is 138 Å². The zero-order chi connectivity index (χ0) is 26.1. The van der Waals surface area contributed by atoms with E-state index in [4.69, 9.17) is 0 Å². The van der Waals surface area contributed by atoms with E-state index in [-0.39, 0.29) is 11.5 Å². The average molecular weight is 487 g/mol. The van der Waals surface area contributed by atoms with E-state index < -0.39 is 0 Å². The van der Waals surface area contributed by atoms with Crippen molar-refractivity contribution in [1.82, 2.24) is 0 Å². The maximum absolute atomic E-state index is 11.0. The Bertz CT molecular complexity index is 685. The van der Waals surface area contributed by atoms with E-state index in [1.54, 1.807) is 0 Å². The molecule has 4 rings (SSSR count). The largest absolute Gasteiger partial charge is 0.393 e. The number of carbonyl (C=O) groups excluding carboxylic acids is 1. The summed E-state index contributed by atoms with van der Waals surface area (Å²) in [4.78, 5) is 11.0. The Morgan fingerprint density at radius 2 is 1.71 bits per heavy atom. The molecule has 4 aliphatic rings. The van der Waals surface area contributed by atoms with Crippen molar-refractivity contribution in [3.05, 3.63) is 23.8 Å². The highest BCUT2D eigenvalue weighted by Gasteiger charge is 2.63. The number of hydrogen-bond acceptors (Lipinski definition) is 2. The Balaban J connectivity index is 0.000000302. The lowest BCUT2D eigenvalue weighted by atomic mass is 9.61. The van der Waals surface area contributed by atoms with Crippen LogP contribution in [0, 0.1) is 40.4 Å². The maximum Gasteiger partial charge on any atom is 0.142 e. The molecule has 0 radical (unpaired) electrons. The van der Waals surface area contributed by atoms with Gasteiger partial charge in [-0.2, -0.15) is 0 Å². The Hall–Kier alpha value is -0.890. The lowest BCUT2D eigenvalue weighted by Crippen LogP contribution is -2.34. The van der Waals surface area contributed by atoms with Gasteiger partial charge >= 0.3 is 0 Å². The number of carbonyl (C=O) groups is 1. The number of fused-ring (bicyclic) bond motifs is 1. The van der Waals surface area contributed by atoms with Crippen molar-refractivity contribution >= 4 is 6.29 Å². The fourth-order valence-corrected chi connectivity index (χ4v) is 8.28. The normalized spacial score (nSPS) is 36.7. The number of aldehydes is 1. The van der Waals surface area contributed by atoms with Crippen molar-refractivity contribution in [3.8, 4) is 0 Å². The lowest BCUT2D eigenvalue weighted by Gasteiger charge is -2.43. The van der Waals surface area contributed by atoms with Gasteiger partial charge in [-0.1, -0.05) is 78.5 Å². The first kappa shape index (κ1) is 30.3. The summed E-state index contributed by atoms with van der Waals surface area (Å²) >= 11 is 0. The van der Waals surface area contributed by atoms with Crippen molar-refractivity contribution in [3.63, 3.8) is 0 Å². The van der Waals surface area contributed by atoms with Crippen LogP contribution < -0.4 is 0 Å². The van der Waals surface area contributed by atoms with E-state index in [0.29, 0.717) is 11.3 Å². The number of aliphatic hydroxyl groups is 1. The molecule has 6 unspecified atom stereocenters. The minimum Gasteiger partial charge on any atom is -0.393 e. The van der Waals surface area contributed by atoms with E-state index in [0.717, 1.165) is 42.8 Å². The molecule has 35 heavy (non-hydrogen) atoms. The molecule has 0 spiro atoms. The Morgan fingerprint density at radius 1 is 1.03 bits per heavy atom. The van der Waals surface area contributed by atoms with Gasteiger partial charge in [-0.05, 0) is 112 Å². The molecule has 4 aliphatic carbocycles. The van der Waals surface area contributed by atoms with Crippen LogP contribution >= 0.6 is 0 Å². The number of rotatable bonds is 7. The minimum atomic E-state index is -0.0136. The van der Waals surface area contributed by atoms with E-state index in [2.05, 4.69) is 46.8 Å². The molecular formula is C33H58O2. The van der Waals surface area contributed by atoms with Gasteiger partial charge < -0.3 is 5.11 Å². The van der Waals surface area contributed by atoms with Gasteiger partial charge in [0.2, 0.25) is 0 Å². The van der Waals surface area contributed by atoms with Gasteiger partial charge in [-0.25, -0.2) is 0 Å². The summed E-state index contributed by atoms with van der Waals surface area (Å²) < 4.78 is 0. The predicted molar refractivity (Wildman–Crippen MR) is 151 cm³/mol. The van der Waals surface area contributed by atoms with Crippen LogP contribution in [-0.2, 0) is 4.79 Å². The SMILES string of the molecule is C/C=C\C1(C)CC(C2CCC3CC32CC(C)C)CC/C1=C/C=O.CC.CCC(O)C1CCCCC1. The zero-order valence-corrected chi connectivity index (χ0v) is 24.3. The molecule has 0 saturated heterocycles. The summed E-state index contributed by atoms with van der Waals surface area (Å²) in [5.41, 5.74) is 2.15. The summed E-state index contributed by atoms with van der Waals surface area (Å²) in [7, 11) is 0. The highest BCUT2D eigenvalue weighted by atomic mass is 16.3. The van der Waals surface area contributed by atoms with Crippen LogP contribution in [0.4, 0.5) is 0 Å². The number of aliphatic hydroxyl groups excluding tert-OH is 1. The topological polar surface area (TPSA) is 37.3 Å². The quantitative estimate of drug-likeness (QED) is 0.221. The first-order chi connectivity index (χ1) is 16.8. The summed E-state index contributed by atoms with van der Waals surface area (Å²) in [5.74, 6) is 4.29. The van der Waals surface area contributed by atoms with E-state index in [9.17, 15) is 9.90 Å². The monoisotopic (exact) mass is 486 g/mol. The van der Waals surface area contributed by atoms with Crippen LogP contribution in [0.3, 0.4) is 0 Å². The van der Waals surface area contributed by atoms with Crippen molar-refractivity contribution in [2.24, 2.45) is 40.4 Å². The van der Waals surface area contributed by atoms with Gasteiger partial charge in [-0.15, -0.1) is 0 Å². The first-order valence-corrected chi connectivity index (χ1v) is 15.3. The van der Waals surface area contributed by atoms with Gasteiger partial charge in [0.15, 0.2) is 0 Å². The lowest BCUT2D eigenvalue weighted by molar-refractivity contribution is -0.104. The van der Waals surface area contributed by atoms with Gasteiger partial charge in [-0.3, -0.25) is 4.79 Å². The summed E-state index contributed by atoms with van der Waals surface area (Å²) in [5, 5.41) is 9.48. The Labute approximate surface area is 218 Å². The molecular weight excluding hydrogens is 428 g/mol.